The van der Waals surface area contributed by atoms with E-state index in [0.29, 0.717) is 25.2 Å². The second kappa shape index (κ2) is 11.0. The highest BCUT2D eigenvalue weighted by Crippen LogP contribution is 2.76. The van der Waals surface area contributed by atoms with Crippen LogP contribution in [-0.4, -0.2) is 69.9 Å². The minimum Gasteiger partial charge on any atom is -0.481 e. The molecule has 0 unspecified atom stereocenters. The smallest absolute Gasteiger partial charge is 0.314 e. The van der Waals surface area contributed by atoms with Gasteiger partial charge in [-0.25, -0.2) is 0 Å². The molecule has 0 aromatic carbocycles. The van der Waals surface area contributed by atoms with Gasteiger partial charge >= 0.3 is 11.9 Å². The summed E-state index contributed by atoms with van der Waals surface area (Å²) in [5, 5.41) is 32.9. The summed E-state index contributed by atoms with van der Waals surface area (Å²) in [5.41, 5.74) is -1.86. The number of aliphatic carboxylic acids is 2. The number of allylic oxidation sites excluding steroid dienone is 1. The number of carbonyl (C=O) groups is 2. The van der Waals surface area contributed by atoms with E-state index in [2.05, 4.69) is 47.6 Å². The number of hydrogen-bond donors (Lipinski definition) is 3. The summed E-state index contributed by atoms with van der Waals surface area (Å²) in [6, 6.07) is 0. The van der Waals surface area contributed by atoms with Gasteiger partial charge in [0.15, 0.2) is 12.1 Å². The summed E-state index contributed by atoms with van der Waals surface area (Å²) < 4.78 is 25.5. The maximum Gasteiger partial charge on any atom is 0.314 e. The van der Waals surface area contributed by atoms with E-state index in [4.69, 9.17) is 18.9 Å². The SMILES string of the molecule is C[C@H]1[C@@H](C)CC[C@]2(C(=O)O)CC[C@@]3(C(=O)O)C(=CC[C@@H]4[C@@]5(C)CC[C@H](O[C@@H]6O[C@@H](C)[C@H](O)[C@H]7OC(C)(C)O[C@@H]67)C(C)(C)[C@H]5CC[C@]43C)[C@@H]12. The summed E-state index contributed by atoms with van der Waals surface area (Å²) in [5.74, 6) is -1.69. The number of ether oxygens (including phenoxy) is 4. The zero-order valence-electron chi connectivity index (χ0n) is 30.6. The maximum absolute atomic E-state index is 13.9. The van der Waals surface area contributed by atoms with Crippen LogP contribution in [0.4, 0.5) is 0 Å². The van der Waals surface area contributed by atoms with E-state index >= 15 is 0 Å². The van der Waals surface area contributed by atoms with Gasteiger partial charge in [-0.2, -0.15) is 0 Å². The van der Waals surface area contributed by atoms with Crippen LogP contribution in [0.25, 0.3) is 0 Å². The molecule has 3 N–H and O–H groups in total. The monoisotopic (exact) mass is 672 g/mol. The molecule has 48 heavy (non-hydrogen) atoms. The van der Waals surface area contributed by atoms with Crippen LogP contribution in [0, 0.1) is 56.7 Å². The molecule has 270 valence electrons. The van der Waals surface area contributed by atoms with Crippen LogP contribution < -0.4 is 0 Å². The lowest BCUT2D eigenvalue weighted by atomic mass is 9.33. The molecule has 15 atom stereocenters. The highest BCUT2D eigenvalue weighted by molar-refractivity contribution is 5.84. The van der Waals surface area contributed by atoms with E-state index in [-0.39, 0.29) is 40.6 Å². The lowest BCUT2D eigenvalue weighted by Gasteiger charge is -2.70. The topological polar surface area (TPSA) is 132 Å². The van der Waals surface area contributed by atoms with Crippen LogP contribution in [0.2, 0.25) is 0 Å². The molecule has 9 nitrogen and oxygen atoms in total. The van der Waals surface area contributed by atoms with Crippen molar-refractivity contribution in [3.63, 3.8) is 0 Å². The second-order valence-corrected chi connectivity index (χ2v) is 18.7. The van der Waals surface area contributed by atoms with Gasteiger partial charge in [0.25, 0.3) is 0 Å². The zero-order valence-corrected chi connectivity index (χ0v) is 30.6. The van der Waals surface area contributed by atoms with Gasteiger partial charge in [-0.1, -0.05) is 53.2 Å². The van der Waals surface area contributed by atoms with Crippen molar-refractivity contribution >= 4 is 11.9 Å². The standard InChI is InChI=1S/C39H60O9/c1-20-12-17-38(32(41)42)18-19-39(33(43)44)23(27(38)21(20)2)10-11-25-36(8)15-14-26(34(4,5)24(36)13-16-37(25,39)9)46-31-30-29(28(40)22(3)45-31)47-35(6,7)48-30/h10,20-22,24-31,40H,11-19H2,1-9H3,(H,41,42)(H,43,44)/t20-,21-,22-,24+,25+,26-,27+,28-,29+,30+,31-,36-,37+,38-,39-/m0/s1. The third-order valence-electron chi connectivity index (χ3n) is 16.1. The van der Waals surface area contributed by atoms with E-state index in [9.17, 15) is 24.9 Å². The number of hydrogen-bond acceptors (Lipinski definition) is 7. The van der Waals surface area contributed by atoms with Crippen molar-refractivity contribution in [2.75, 3.05) is 0 Å². The fraction of sp³-hybridized carbons (Fsp3) is 0.897. The number of aliphatic hydroxyl groups is 1. The molecule has 0 spiro atoms. The minimum absolute atomic E-state index is 0.112. The van der Waals surface area contributed by atoms with Crippen molar-refractivity contribution in [1.29, 1.82) is 0 Å². The van der Waals surface area contributed by atoms with Crippen LogP contribution in [0.5, 0.6) is 0 Å². The van der Waals surface area contributed by atoms with E-state index in [1.165, 1.54) is 0 Å². The Hall–Kier alpha value is -1.52. The lowest BCUT2D eigenvalue weighted by molar-refractivity contribution is -0.310. The normalized spacial score (nSPS) is 53.6. The fourth-order valence-corrected chi connectivity index (χ4v) is 13.4. The average Bonchev–Trinajstić information content (AvgIpc) is 3.33. The molecule has 6 fully saturated rings. The number of fused-ring (bicyclic) bond motifs is 8. The van der Waals surface area contributed by atoms with Crippen molar-refractivity contribution < 1.29 is 43.9 Å². The third kappa shape index (κ3) is 4.45. The lowest BCUT2D eigenvalue weighted by Crippen LogP contribution is -2.68. The first-order chi connectivity index (χ1) is 22.3. The highest BCUT2D eigenvalue weighted by atomic mass is 16.8. The predicted octanol–water partition coefficient (Wildman–Crippen LogP) is 6.80. The summed E-state index contributed by atoms with van der Waals surface area (Å²) in [6.45, 7) is 19.2. The Balaban J connectivity index is 1.21. The summed E-state index contributed by atoms with van der Waals surface area (Å²) in [7, 11) is 0. The van der Waals surface area contributed by atoms with Gasteiger partial charge in [0, 0.05) is 0 Å². The molecule has 7 aliphatic rings. The van der Waals surface area contributed by atoms with Crippen LogP contribution in [0.3, 0.4) is 0 Å². The molecule has 0 aromatic heterocycles. The highest BCUT2D eigenvalue weighted by Gasteiger charge is 2.73. The molecule has 0 radical (unpaired) electrons. The Kier molecular flexibility index (Phi) is 7.99. The van der Waals surface area contributed by atoms with Crippen LogP contribution >= 0.6 is 0 Å². The van der Waals surface area contributed by atoms with Gasteiger partial charge in [0.1, 0.15) is 18.3 Å². The van der Waals surface area contributed by atoms with Gasteiger partial charge in [-0.15, -0.1) is 0 Å². The van der Waals surface area contributed by atoms with Crippen LogP contribution in [0.15, 0.2) is 11.6 Å². The van der Waals surface area contributed by atoms with E-state index in [1.54, 1.807) is 0 Å². The quantitative estimate of drug-likeness (QED) is 0.218. The Morgan fingerprint density at radius 1 is 0.833 bits per heavy atom. The summed E-state index contributed by atoms with van der Waals surface area (Å²) in [4.78, 5) is 27.0. The first-order valence-corrected chi connectivity index (χ1v) is 18.8. The molecular weight excluding hydrogens is 612 g/mol. The van der Waals surface area contributed by atoms with E-state index in [0.717, 1.165) is 44.1 Å². The van der Waals surface area contributed by atoms with Gasteiger partial charge in [-0.05, 0) is 124 Å². The Morgan fingerprint density at radius 2 is 1.52 bits per heavy atom. The molecule has 7 rings (SSSR count). The first-order valence-electron chi connectivity index (χ1n) is 18.8. The Labute approximate surface area is 286 Å². The van der Waals surface area contributed by atoms with Crippen molar-refractivity contribution in [2.24, 2.45) is 56.7 Å². The molecule has 4 saturated carbocycles. The molecule has 2 aliphatic heterocycles. The molecule has 9 heteroatoms. The van der Waals surface area contributed by atoms with Crippen LogP contribution in [-0.2, 0) is 28.5 Å². The average molecular weight is 673 g/mol. The van der Waals surface area contributed by atoms with Gasteiger partial charge in [0.2, 0.25) is 0 Å². The molecular formula is C39H60O9. The Morgan fingerprint density at radius 3 is 2.19 bits per heavy atom. The third-order valence-corrected chi connectivity index (χ3v) is 16.1. The van der Waals surface area contributed by atoms with E-state index in [1.807, 2.05) is 20.8 Å². The molecule has 0 aromatic rings. The van der Waals surface area contributed by atoms with Gasteiger partial charge in [0.05, 0.1) is 23.0 Å². The predicted molar refractivity (Wildman–Crippen MR) is 178 cm³/mol. The largest absolute Gasteiger partial charge is 0.481 e. The van der Waals surface area contributed by atoms with Crippen molar-refractivity contribution in [1.82, 2.24) is 0 Å². The Bertz CT molecular complexity index is 1370. The van der Waals surface area contributed by atoms with Crippen molar-refractivity contribution in [2.45, 2.75) is 163 Å². The number of carboxylic acids is 2. The molecule has 2 heterocycles. The molecule has 0 amide bonds. The summed E-state index contributed by atoms with van der Waals surface area (Å²) >= 11 is 0. The fourth-order valence-electron chi connectivity index (χ4n) is 13.4. The maximum atomic E-state index is 13.9. The zero-order chi connectivity index (χ0) is 35.0. The molecule has 2 saturated heterocycles. The van der Waals surface area contributed by atoms with Crippen LogP contribution in [0.1, 0.15) is 120 Å². The molecule has 0 bridgehead atoms. The van der Waals surface area contributed by atoms with Crippen molar-refractivity contribution in [3.05, 3.63) is 11.6 Å². The number of carboxylic acid groups (broad SMARTS) is 2. The molecule has 5 aliphatic carbocycles. The minimum atomic E-state index is -1.06. The number of rotatable bonds is 4. The van der Waals surface area contributed by atoms with Gasteiger partial charge < -0.3 is 34.3 Å². The summed E-state index contributed by atoms with van der Waals surface area (Å²) in [6.07, 6.45) is 5.64. The van der Waals surface area contributed by atoms with Gasteiger partial charge in [-0.3, -0.25) is 9.59 Å². The second-order valence-electron chi connectivity index (χ2n) is 18.7. The first kappa shape index (κ1) is 34.9. The van der Waals surface area contributed by atoms with E-state index < -0.39 is 64.7 Å². The number of aliphatic hydroxyl groups excluding tert-OH is 1. The van der Waals surface area contributed by atoms with Crippen molar-refractivity contribution in [3.8, 4) is 0 Å².